The summed E-state index contributed by atoms with van der Waals surface area (Å²) in [6, 6.07) is 10.8. The molecule has 1 aliphatic carbocycles. The van der Waals surface area contributed by atoms with Crippen LogP contribution in [0.3, 0.4) is 0 Å². The first kappa shape index (κ1) is 11.0. The Morgan fingerprint density at radius 3 is 2.75 bits per heavy atom. The van der Waals surface area contributed by atoms with Crippen LogP contribution in [0.4, 0.5) is 5.69 Å². The van der Waals surface area contributed by atoms with Crippen LogP contribution in [0.2, 0.25) is 0 Å². The van der Waals surface area contributed by atoms with E-state index in [-0.39, 0.29) is 5.41 Å². The van der Waals surface area contributed by atoms with Gasteiger partial charge in [0.1, 0.15) is 0 Å². The molecule has 0 N–H and O–H groups in total. The minimum atomic E-state index is 0.285. The van der Waals surface area contributed by atoms with Crippen molar-refractivity contribution in [1.82, 2.24) is 0 Å². The number of hydrogen-bond donors (Lipinski definition) is 0. The van der Waals surface area contributed by atoms with Crippen LogP contribution in [0, 0.1) is 23.7 Å². The molecule has 0 radical (unpaired) electrons. The van der Waals surface area contributed by atoms with Crippen LogP contribution in [-0.4, -0.2) is 13.6 Å². The van der Waals surface area contributed by atoms with Crippen molar-refractivity contribution in [2.45, 2.75) is 26.2 Å². The van der Waals surface area contributed by atoms with E-state index in [9.17, 15) is 0 Å². The second-order valence-corrected chi connectivity index (χ2v) is 5.03. The van der Waals surface area contributed by atoms with E-state index >= 15 is 0 Å². The minimum absolute atomic E-state index is 0.285. The van der Waals surface area contributed by atoms with Gasteiger partial charge >= 0.3 is 0 Å². The Hall–Kier alpha value is -1.49. The molecular formula is C14H18N2. The zero-order valence-electron chi connectivity index (χ0n) is 10.0. The molecule has 1 aromatic carbocycles. The van der Waals surface area contributed by atoms with Gasteiger partial charge in [0.25, 0.3) is 0 Å². The number of nitriles is 1. The number of anilines is 1. The van der Waals surface area contributed by atoms with E-state index in [2.05, 4.69) is 49.2 Å². The van der Waals surface area contributed by atoms with E-state index in [1.54, 1.807) is 0 Å². The fourth-order valence-corrected chi connectivity index (χ4v) is 2.20. The molecule has 0 spiro atoms. The molecule has 0 aromatic heterocycles. The van der Waals surface area contributed by atoms with Crippen molar-refractivity contribution in [2.75, 3.05) is 18.5 Å². The second-order valence-electron chi connectivity index (χ2n) is 5.03. The molecule has 1 aliphatic rings. The number of hydrogen-bond acceptors (Lipinski definition) is 2. The van der Waals surface area contributed by atoms with Crippen molar-refractivity contribution in [2.24, 2.45) is 5.41 Å². The Kier molecular flexibility index (Phi) is 2.87. The summed E-state index contributed by atoms with van der Waals surface area (Å²) in [6.07, 6.45) is 3.11. The molecular weight excluding hydrogens is 196 g/mol. The summed E-state index contributed by atoms with van der Waals surface area (Å²) in [4.78, 5) is 2.28. The SMILES string of the molecule is Cc1cccc(N(C)CC2(CC#N)CC2)c1. The summed E-state index contributed by atoms with van der Waals surface area (Å²) in [5, 5.41) is 8.80. The van der Waals surface area contributed by atoms with Gasteiger partial charge in [-0.25, -0.2) is 0 Å². The Balaban J connectivity index is 2.04. The van der Waals surface area contributed by atoms with E-state index in [0.717, 1.165) is 6.54 Å². The lowest BCUT2D eigenvalue weighted by molar-refractivity contribution is 0.523. The second kappa shape index (κ2) is 4.17. The molecule has 0 bridgehead atoms. The van der Waals surface area contributed by atoms with Crippen LogP contribution in [0.5, 0.6) is 0 Å². The van der Waals surface area contributed by atoms with Crippen LogP contribution in [0.15, 0.2) is 24.3 Å². The molecule has 1 aromatic rings. The fourth-order valence-electron chi connectivity index (χ4n) is 2.20. The van der Waals surface area contributed by atoms with Gasteiger partial charge in [0.15, 0.2) is 0 Å². The average Bonchev–Trinajstić information content (AvgIpc) is 2.98. The predicted molar refractivity (Wildman–Crippen MR) is 66.3 cm³/mol. The van der Waals surface area contributed by atoms with Gasteiger partial charge in [-0.1, -0.05) is 12.1 Å². The van der Waals surface area contributed by atoms with Crippen LogP contribution >= 0.6 is 0 Å². The Morgan fingerprint density at radius 1 is 1.44 bits per heavy atom. The van der Waals surface area contributed by atoms with Crippen molar-refractivity contribution in [3.8, 4) is 6.07 Å². The average molecular weight is 214 g/mol. The molecule has 84 valence electrons. The first-order valence-electron chi connectivity index (χ1n) is 5.80. The van der Waals surface area contributed by atoms with Crippen LogP contribution in [0.25, 0.3) is 0 Å². The van der Waals surface area contributed by atoms with Gasteiger partial charge < -0.3 is 4.90 Å². The third-order valence-corrected chi connectivity index (χ3v) is 3.43. The molecule has 0 saturated heterocycles. The van der Waals surface area contributed by atoms with Gasteiger partial charge in [-0.2, -0.15) is 5.26 Å². The first-order chi connectivity index (χ1) is 7.65. The maximum atomic E-state index is 8.80. The van der Waals surface area contributed by atoms with Crippen LogP contribution in [0.1, 0.15) is 24.8 Å². The molecule has 2 heteroatoms. The van der Waals surface area contributed by atoms with Gasteiger partial charge in [-0.05, 0) is 37.5 Å². The molecule has 0 unspecified atom stereocenters. The maximum Gasteiger partial charge on any atom is 0.0628 e. The van der Waals surface area contributed by atoms with E-state index in [4.69, 9.17) is 5.26 Å². The normalized spacial score (nSPS) is 16.6. The Morgan fingerprint density at radius 2 is 2.19 bits per heavy atom. The third-order valence-electron chi connectivity index (χ3n) is 3.43. The zero-order valence-corrected chi connectivity index (χ0v) is 10.0. The molecule has 1 fully saturated rings. The van der Waals surface area contributed by atoms with Crippen LogP contribution in [-0.2, 0) is 0 Å². The summed E-state index contributed by atoms with van der Waals surface area (Å²) in [6.45, 7) is 3.11. The van der Waals surface area contributed by atoms with E-state index in [1.807, 2.05) is 0 Å². The van der Waals surface area contributed by atoms with Crippen molar-refractivity contribution in [3.63, 3.8) is 0 Å². The summed E-state index contributed by atoms with van der Waals surface area (Å²) >= 11 is 0. The van der Waals surface area contributed by atoms with E-state index < -0.39 is 0 Å². The zero-order chi connectivity index (χ0) is 11.6. The summed E-state index contributed by atoms with van der Waals surface area (Å²) in [5.41, 5.74) is 2.83. The maximum absolute atomic E-state index is 8.80. The Labute approximate surface area is 97.5 Å². The molecule has 16 heavy (non-hydrogen) atoms. The molecule has 0 aliphatic heterocycles. The fraction of sp³-hybridized carbons (Fsp3) is 0.500. The molecule has 2 rings (SSSR count). The van der Waals surface area contributed by atoms with Crippen molar-refractivity contribution >= 4 is 5.69 Å². The smallest absolute Gasteiger partial charge is 0.0628 e. The highest BCUT2D eigenvalue weighted by Crippen LogP contribution is 2.49. The van der Waals surface area contributed by atoms with Gasteiger partial charge in [0.05, 0.1) is 6.07 Å². The van der Waals surface area contributed by atoms with Gasteiger partial charge in [-0.15, -0.1) is 0 Å². The lowest BCUT2D eigenvalue weighted by Crippen LogP contribution is -2.26. The minimum Gasteiger partial charge on any atom is -0.374 e. The molecule has 0 amide bonds. The molecule has 1 saturated carbocycles. The topological polar surface area (TPSA) is 27.0 Å². The lowest BCUT2D eigenvalue weighted by atomic mass is 10.0. The van der Waals surface area contributed by atoms with Gasteiger partial charge in [0.2, 0.25) is 0 Å². The highest BCUT2D eigenvalue weighted by Gasteiger charge is 2.43. The van der Waals surface area contributed by atoms with E-state index in [0.29, 0.717) is 6.42 Å². The molecule has 0 heterocycles. The molecule has 0 atom stereocenters. The standard InChI is InChI=1S/C14H18N2/c1-12-4-3-5-13(10-12)16(2)11-14(6-7-14)8-9-15/h3-5,10H,6-8,11H2,1-2H3. The summed E-state index contributed by atoms with van der Waals surface area (Å²) in [7, 11) is 2.12. The van der Waals surface area contributed by atoms with E-state index in [1.165, 1.54) is 24.1 Å². The molecule has 2 nitrogen and oxygen atoms in total. The summed E-state index contributed by atoms with van der Waals surface area (Å²) < 4.78 is 0. The first-order valence-corrected chi connectivity index (χ1v) is 5.80. The highest BCUT2D eigenvalue weighted by molar-refractivity contribution is 5.48. The van der Waals surface area contributed by atoms with Crippen LogP contribution < -0.4 is 4.90 Å². The largest absolute Gasteiger partial charge is 0.374 e. The monoisotopic (exact) mass is 214 g/mol. The number of aryl methyl sites for hydroxylation is 1. The number of nitrogens with zero attached hydrogens (tertiary/aromatic N) is 2. The van der Waals surface area contributed by atoms with Crippen molar-refractivity contribution in [3.05, 3.63) is 29.8 Å². The lowest BCUT2D eigenvalue weighted by Gasteiger charge is -2.24. The van der Waals surface area contributed by atoms with Gasteiger partial charge in [0, 0.05) is 31.1 Å². The number of benzene rings is 1. The Bertz CT molecular complexity index is 413. The van der Waals surface area contributed by atoms with Crippen molar-refractivity contribution < 1.29 is 0 Å². The highest BCUT2D eigenvalue weighted by atomic mass is 15.1. The quantitative estimate of drug-likeness (QED) is 0.770. The summed E-state index contributed by atoms with van der Waals surface area (Å²) in [5.74, 6) is 0. The van der Waals surface area contributed by atoms with Gasteiger partial charge in [-0.3, -0.25) is 0 Å². The predicted octanol–water partition coefficient (Wildman–Crippen LogP) is 3.13. The number of rotatable bonds is 4. The van der Waals surface area contributed by atoms with Crippen molar-refractivity contribution in [1.29, 1.82) is 5.26 Å². The third kappa shape index (κ3) is 2.36.